The number of pyridine rings is 1. The number of nitrogens with zero attached hydrogens (tertiary/aromatic N) is 6. The zero-order valence-electron chi connectivity index (χ0n) is 24.9. The van der Waals surface area contributed by atoms with Gasteiger partial charge in [-0.25, -0.2) is 4.98 Å². The van der Waals surface area contributed by atoms with E-state index in [1.165, 1.54) is 0 Å². The summed E-state index contributed by atoms with van der Waals surface area (Å²) < 4.78 is 14.6. The summed E-state index contributed by atoms with van der Waals surface area (Å²) in [5, 5.41) is 8.05. The molecular weight excluding hydrogens is 534 g/mol. The number of nitrogens with one attached hydrogen (secondary N) is 1. The average Bonchev–Trinajstić information content (AvgIpc) is 3.49. The predicted molar refractivity (Wildman–Crippen MR) is 163 cm³/mol. The highest BCUT2D eigenvalue weighted by Gasteiger charge is 2.23. The van der Waals surface area contributed by atoms with Gasteiger partial charge < -0.3 is 24.6 Å². The number of aromatic nitrogens is 4. The number of methoxy groups -OCH3 is 2. The van der Waals surface area contributed by atoms with Crippen molar-refractivity contribution in [1.82, 2.24) is 29.4 Å². The number of amides is 1. The number of rotatable bonds is 10. The van der Waals surface area contributed by atoms with E-state index in [2.05, 4.69) is 34.1 Å². The van der Waals surface area contributed by atoms with Crippen molar-refractivity contribution in [3.05, 3.63) is 65.5 Å². The van der Waals surface area contributed by atoms with E-state index in [-0.39, 0.29) is 17.5 Å². The van der Waals surface area contributed by atoms with Crippen LogP contribution in [0.25, 0.3) is 16.8 Å². The molecule has 0 atom stereocenters. The van der Waals surface area contributed by atoms with Crippen LogP contribution in [0, 0.1) is 0 Å². The lowest BCUT2D eigenvalue weighted by atomic mass is 10.1. The van der Waals surface area contributed by atoms with E-state index in [0.717, 1.165) is 36.3 Å². The Morgan fingerprint density at radius 3 is 2.40 bits per heavy atom. The minimum Gasteiger partial charge on any atom is -0.497 e. The topological polar surface area (TPSA) is 106 Å². The molecule has 1 fully saturated rings. The smallest absolute Gasteiger partial charge is 0.265 e. The Labute approximate surface area is 245 Å². The van der Waals surface area contributed by atoms with Crippen molar-refractivity contribution < 1.29 is 14.3 Å². The van der Waals surface area contributed by atoms with E-state index >= 15 is 0 Å². The maximum atomic E-state index is 13.8. The second-order valence-electron chi connectivity index (χ2n) is 10.9. The van der Waals surface area contributed by atoms with Gasteiger partial charge in [0.15, 0.2) is 0 Å². The number of carbonyl (C=O) groups excluding carboxylic acids is 1. The Morgan fingerprint density at radius 2 is 1.76 bits per heavy atom. The number of anilines is 2. The van der Waals surface area contributed by atoms with Crippen molar-refractivity contribution in [3.8, 4) is 22.6 Å². The molecule has 11 nitrogen and oxygen atoms in total. The van der Waals surface area contributed by atoms with Crippen LogP contribution >= 0.6 is 0 Å². The van der Waals surface area contributed by atoms with Gasteiger partial charge in [0.1, 0.15) is 17.1 Å². The third-order valence-electron chi connectivity index (χ3n) is 7.73. The van der Waals surface area contributed by atoms with E-state index in [4.69, 9.17) is 9.47 Å². The molecule has 4 heterocycles. The molecule has 0 spiro atoms. The van der Waals surface area contributed by atoms with Gasteiger partial charge in [0.25, 0.3) is 5.56 Å². The van der Waals surface area contributed by atoms with Crippen LogP contribution in [0.3, 0.4) is 0 Å². The van der Waals surface area contributed by atoms with Crippen molar-refractivity contribution in [3.63, 3.8) is 0 Å². The molecule has 1 aliphatic rings. The standard InChI is InChI=1S/C31H39N7O4/c1-21(2)32-10-13-36(26-14-27(41-4)16-28(15-26)42-5)25-6-7-30-33-18-29(31(40)37(30)20-25)23-17-34-38(19-23)24-8-11-35(12-9-24)22(3)39/h6-7,14-21,24,32H,8-13H2,1-5H3. The highest BCUT2D eigenvalue weighted by atomic mass is 16.5. The van der Waals surface area contributed by atoms with Crippen LogP contribution < -0.4 is 25.2 Å². The monoisotopic (exact) mass is 573 g/mol. The first-order chi connectivity index (χ1) is 20.3. The fraction of sp³-hybridized carbons (Fsp3) is 0.419. The molecule has 4 aromatic rings. The van der Waals surface area contributed by atoms with Crippen LogP contribution in [0.1, 0.15) is 39.7 Å². The summed E-state index contributed by atoms with van der Waals surface area (Å²) in [6.45, 7) is 8.62. The molecule has 1 saturated heterocycles. The third kappa shape index (κ3) is 6.25. The van der Waals surface area contributed by atoms with Crippen molar-refractivity contribution in [2.45, 2.75) is 45.7 Å². The number of hydrogen-bond donors (Lipinski definition) is 1. The van der Waals surface area contributed by atoms with Crippen molar-refractivity contribution in [1.29, 1.82) is 0 Å². The molecular formula is C31H39N7O4. The van der Waals surface area contributed by atoms with E-state index in [1.807, 2.05) is 52.3 Å². The van der Waals surface area contributed by atoms with Gasteiger partial charge in [0.2, 0.25) is 5.91 Å². The Morgan fingerprint density at radius 1 is 1.05 bits per heavy atom. The van der Waals surface area contributed by atoms with Crippen LogP contribution in [0.5, 0.6) is 11.5 Å². The molecule has 1 aromatic carbocycles. The molecule has 0 aliphatic carbocycles. The van der Waals surface area contributed by atoms with Gasteiger partial charge >= 0.3 is 0 Å². The summed E-state index contributed by atoms with van der Waals surface area (Å²) in [5.74, 6) is 1.46. The summed E-state index contributed by atoms with van der Waals surface area (Å²) in [5.41, 5.74) is 3.30. The number of fused-ring (bicyclic) bond motifs is 1. The number of hydrogen-bond acceptors (Lipinski definition) is 8. The van der Waals surface area contributed by atoms with Crippen LogP contribution in [0.4, 0.5) is 11.4 Å². The Kier molecular flexibility index (Phi) is 8.77. The molecule has 5 rings (SSSR count). The summed E-state index contributed by atoms with van der Waals surface area (Å²) in [7, 11) is 3.26. The molecule has 11 heteroatoms. The quantitative estimate of drug-likeness (QED) is 0.305. The molecule has 0 saturated carbocycles. The third-order valence-corrected chi connectivity index (χ3v) is 7.73. The fourth-order valence-corrected chi connectivity index (χ4v) is 5.37. The maximum Gasteiger partial charge on any atom is 0.265 e. The summed E-state index contributed by atoms with van der Waals surface area (Å²) in [6.07, 6.45) is 8.74. The zero-order chi connectivity index (χ0) is 29.8. The lowest BCUT2D eigenvalue weighted by Gasteiger charge is -2.31. The van der Waals surface area contributed by atoms with E-state index in [9.17, 15) is 9.59 Å². The number of carbonyl (C=O) groups is 1. The first-order valence-electron chi connectivity index (χ1n) is 14.3. The number of ether oxygens (including phenoxy) is 2. The Balaban J connectivity index is 1.48. The normalized spacial score (nSPS) is 14.0. The second-order valence-corrected chi connectivity index (χ2v) is 10.9. The second kappa shape index (κ2) is 12.6. The summed E-state index contributed by atoms with van der Waals surface area (Å²) >= 11 is 0. The number of likely N-dealkylation sites (tertiary alicyclic amines) is 1. The molecule has 1 N–H and O–H groups in total. The minimum absolute atomic E-state index is 0.101. The van der Waals surface area contributed by atoms with Gasteiger partial charge in [-0.2, -0.15) is 5.10 Å². The molecule has 0 radical (unpaired) electrons. The molecule has 3 aromatic heterocycles. The Bertz CT molecular complexity index is 1580. The predicted octanol–water partition coefficient (Wildman–Crippen LogP) is 3.89. The van der Waals surface area contributed by atoms with Gasteiger partial charge in [0, 0.05) is 87.2 Å². The lowest BCUT2D eigenvalue weighted by Crippen LogP contribution is -2.37. The molecule has 222 valence electrons. The van der Waals surface area contributed by atoms with Crippen LogP contribution in [-0.2, 0) is 4.79 Å². The largest absolute Gasteiger partial charge is 0.497 e. The van der Waals surface area contributed by atoms with Gasteiger partial charge in [-0.1, -0.05) is 13.8 Å². The van der Waals surface area contributed by atoms with Crippen LogP contribution in [0.15, 0.2) is 59.9 Å². The minimum atomic E-state index is -0.170. The first kappa shape index (κ1) is 29.1. The van der Waals surface area contributed by atoms with E-state index in [0.29, 0.717) is 48.4 Å². The molecule has 0 unspecified atom stereocenters. The maximum absolute atomic E-state index is 13.8. The highest BCUT2D eigenvalue weighted by molar-refractivity contribution is 5.73. The number of benzene rings is 1. The van der Waals surface area contributed by atoms with E-state index < -0.39 is 0 Å². The summed E-state index contributed by atoms with van der Waals surface area (Å²) in [4.78, 5) is 34.1. The Hall–Kier alpha value is -4.38. The van der Waals surface area contributed by atoms with Crippen molar-refractivity contribution >= 4 is 22.9 Å². The average molecular weight is 574 g/mol. The lowest BCUT2D eigenvalue weighted by molar-refractivity contribution is -0.130. The number of piperidine rings is 1. The van der Waals surface area contributed by atoms with Crippen molar-refractivity contribution in [2.24, 2.45) is 0 Å². The van der Waals surface area contributed by atoms with E-state index in [1.54, 1.807) is 37.9 Å². The highest BCUT2D eigenvalue weighted by Crippen LogP contribution is 2.33. The van der Waals surface area contributed by atoms with Crippen LogP contribution in [-0.4, -0.2) is 76.4 Å². The molecule has 42 heavy (non-hydrogen) atoms. The van der Waals surface area contributed by atoms with Gasteiger partial charge in [-0.3, -0.25) is 18.7 Å². The molecule has 1 aliphatic heterocycles. The first-order valence-corrected chi connectivity index (χ1v) is 14.3. The molecule has 1 amide bonds. The molecule has 0 bridgehead atoms. The van der Waals surface area contributed by atoms with Gasteiger partial charge in [-0.05, 0) is 25.0 Å². The SMILES string of the molecule is COc1cc(OC)cc(N(CCNC(C)C)c2ccc3ncc(-c4cnn(C5CCN(C(C)=O)CC5)c4)c(=O)n3c2)c1. The van der Waals surface area contributed by atoms with Crippen molar-refractivity contribution in [2.75, 3.05) is 45.3 Å². The van der Waals surface area contributed by atoms with Gasteiger partial charge in [-0.15, -0.1) is 0 Å². The summed E-state index contributed by atoms with van der Waals surface area (Å²) in [6, 6.07) is 10.1. The van der Waals surface area contributed by atoms with Gasteiger partial charge in [0.05, 0.1) is 37.7 Å². The van der Waals surface area contributed by atoms with Crippen LogP contribution in [0.2, 0.25) is 0 Å². The zero-order valence-corrected chi connectivity index (χ0v) is 24.9. The fourth-order valence-electron chi connectivity index (χ4n) is 5.37.